The molecule has 0 amide bonds. The maximum absolute atomic E-state index is 6.91. The molecule has 0 N–H and O–H groups in total. The van der Waals surface area contributed by atoms with Crippen molar-refractivity contribution < 1.29 is 8.83 Å². The van der Waals surface area contributed by atoms with Gasteiger partial charge >= 0.3 is 0 Å². The van der Waals surface area contributed by atoms with E-state index in [1.54, 1.807) is 0 Å². The van der Waals surface area contributed by atoms with Gasteiger partial charge in [-0.25, -0.2) is 0 Å². The van der Waals surface area contributed by atoms with E-state index in [4.69, 9.17) is 8.83 Å². The van der Waals surface area contributed by atoms with Gasteiger partial charge in [-0.15, -0.1) is 0 Å². The summed E-state index contributed by atoms with van der Waals surface area (Å²) in [5.74, 6) is 0. The van der Waals surface area contributed by atoms with Crippen molar-refractivity contribution in [3.63, 3.8) is 0 Å². The number of furan rings is 2. The standard InChI is InChI=1S/C55H37NO2/c1-55(2)49-18-10-8-15-41(49)42-28-25-38(31-50(42)55)56(37-23-20-35(21-24-37)34-12-4-3-5-13-34)39-26-29-45-48-33-47(40-14-6-7-17-46(40)54(48)58-53(45)32-39)36-22-27-44-43-16-9-11-19-51(43)57-52(44)30-36/h3-33H,1-2H3. The average molecular weight is 744 g/mol. The molecule has 0 spiro atoms. The maximum atomic E-state index is 6.91. The lowest BCUT2D eigenvalue weighted by atomic mass is 9.82. The number of rotatable bonds is 5. The van der Waals surface area contributed by atoms with Gasteiger partial charge in [0.25, 0.3) is 0 Å². The van der Waals surface area contributed by atoms with Crippen LogP contribution in [0.4, 0.5) is 17.1 Å². The van der Waals surface area contributed by atoms with Crippen molar-refractivity contribution in [2.45, 2.75) is 19.3 Å². The minimum absolute atomic E-state index is 0.124. The van der Waals surface area contributed by atoms with Crippen LogP contribution in [0.3, 0.4) is 0 Å². The molecule has 0 atom stereocenters. The van der Waals surface area contributed by atoms with E-state index in [1.807, 2.05) is 12.1 Å². The van der Waals surface area contributed by atoms with Crippen molar-refractivity contribution in [2.75, 3.05) is 4.90 Å². The van der Waals surface area contributed by atoms with Gasteiger partial charge in [-0.3, -0.25) is 0 Å². The van der Waals surface area contributed by atoms with Crippen LogP contribution in [0, 0.1) is 0 Å². The SMILES string of the molecule is CC1(C)c2ccccc2-c2ccc(N(c3ccc(-c4ccccc4)cc3)c3ccc4c(c3)oc3c5ccccc5c(-c5ccc6c(c5)oc5ccccc56)cc43)cc21. The maximum Gasteiger partial charge on any atom is 0.143 e. The Morgan fingerprint density at radius 2 is 0.931 bits per heavy atom. The molecular weight excluding hydrogens is 707 g/mol. The number of hydrogen-bond donors (Lipinski definition) is 0. The molecule has 0 saturated carbocycles. The van der Waals surface area contributed by atoms with Gasteiger partial charge in [0, 0.05) is 55.5 Å². The molecule has 0 fully saturated rings. The van der Waals surface area contributed by atoms with E-state index in [-0.39, 0.29) is 5.41 Å². The highest BCUT2D eigenvalue weighted by Gasteiger charge is 2.35. The van der Waals surface area contributed by atoms with Crippen LogP contribution < -0.4 is 4.90 Å². The minimum Gasteiger partial charge on any atom is -0.456 e. The number of benzene rings is 9. The first kappa shape index (κ1) is 32.8. The summed E-state index contributed by atoms with van der Waals surface area (Å²) < 4.78 is 13.2. The van der Waals surface area contributed by atoms with Crippen molar-refractivity contribution in [3.8, 4) is 33.4 Å². The normalized spacial score (nSPS) is 13.1. The Bertz CT molecular complexity index is 3420. The van der Waals surface area contributed by atoms with E-state index in [2.05, 4.69) is 195 Å². The lowest BCUT2D eigenvalue weighted by Crippen LogP contribution is -2.16. The van der Waals surface area contributed by atoms with Gasteiger partial charge in [-0.1, -0.05) is 135 Å². The minimum atomic E-state index is -0.124. The quantitative estimate of drug-likeness (QED) is 0.176. The molecule has 1 aliphatic carbocycles. The molecule has 0 bridgehead atoms. The van der Waals surface area contributed by atoms with Gasteiger partial charge in [0.2, 0.25) is 0 Å². The van der Waals surface area contributed by atoms with Crippen LogP contribution in [0.25, 0.3) is 88.0 Å². The molecule has 1 aliphatic rings. The zero-order valence-electron chi connectivity index (χ0n) is 32.2. The van der Waals surface area contributed by atoms with Crippen molar-refractivity contribution in [2.24, 2.45) is 0 Å². The molecule has 0 aliphatic heterocycles. The van der Waals surface area contributed by atoms with E-state index in [0.29, 0.717) is 0 Å². The zero-order chi connectivity index (χ0) is 38.5. The molecule has 12 rings (SSSR count). The summed E-state index contributed by atoms with van der Waals surface area (Å²) in [5, 5.41) is 6.67. The fraction of sp³-hybridized carbons (Fsp3) is 0.0545. The van der Waals surface area contributed by atoms with Gasteiger partial charge in [0.15, 0.2) is 0 Å². The number of nitrogens with zero attached hydrogens (tertiary/aromatic N) is 1. The molecule has 2 heterocycles. The van der Waals surface area contributed by atoms with Crippen LogP contribution in [0.1, 0.15) is 25.0 Å². The van der Waals surface area contributed by atoms with Crippen LogP contribution in [0.2, 0.25) is 0 Å². The lowest BCUT2D eigenvalue weighted by Gasteiger charge is -2.28. The number of fused-ring (bicyclic) bond motifs is 11. The van der Waals surface area contributed by atoms with Crippen molar-refractivity contribution in [1.29, 1.82) is 0 Å². The van der Waals surface area contributed by atoms with Crippen LogP contribution in [-0.2, 0) is 5.41 Å². The first-order chi connectivity index (χ1) is 28.5. The Morgan fingerprint density at radius 1 is 0.345 bits per heavy atom. The largest absolute Gasteiger partial charge is 0.456 e. The Labute approximate surface area is 336 Å². The molecule has 3 heteroatoms. The topological polar surface area (TPSA) is 29.5 Å². The second-order valence-corrected chi connectivity index (χ2v) is 16.1. The molecule has 58 heavy (non-hydrogen) atoms. The molecule has 274 valence electrons. The predicted octanol–water partition coefficient (Wildman–Crippen LogP) is 15.7. The van der Waals surface area contributed by atoms with Gasteiger partial charge in [0.1, 0.15) is 22.3 Å². The molecule has 11 aromatic rings. The fourth-order valence-electron chi connectivity index (χ4n) is 9.57. The number of hydrogen-bond acceptors (Lipinski definition) is 3. The van der Waals surface area contributed by atoms with E-state index in [9.17, 15) is 0 Å². The van der Waals surface area contributed by atoms with Crippen molar-refractivity contribution in [3.05, 3.63) is 199 Å². The lowest BCUT2D eigenvalue weighted by molar-refractivity contribution is 0.660. The van der Waals surface area contributed by atoms with E-state index >= 15 is 0 Å². The number of anilines is 3. The molecule has 9 aromatic carbocycles. The highest BCUT2D eigenvalue weighted by molar-refractivity contribution is 6.20. The molecule has 2 aromatic heterocycles. The van der Waals surface area contributed by atoms with E-state index in [1.165, 1.54) is 33.4 Å². The molecule has 0 unspecified atom stereocenters. The van der Waals surface area contributed by atoms with Crippen LogP contribution in [0.5, 0.6) is 0 Å². The average Bonchev–Trinajstić information content (AvgIpc) is 3.91. The summed E-state index contributed by atoms with van der Waals surface area (Å²) in [4.78, 5) is 2.37. The third-order valence-electron chi connectivity index (χ3n) is 12.5. The summed E-state index contributed by atoms with van der Waals surface area (Å²) in [6.45, 7) is 4.68. The smallest absolute Gasteiger partial charge is 0.143 e. The van der Waals surface area contributed by atoms with E-state index in [0.717, 1.165) is 82.8 Å². The van der Waals surface area contributed by atoms with Crippen LogP contribution >= 0.6 is 0 Å². The van der Waals surface area contributed by atoms with Gasteiger partial charge in [-0.05, 0) is 111 Å². The molecule has 0 saturated heterocycles. The summed E-state index contributed by atoms with van der Waals surface area (Å²) >= 11 is 0. The van der Waals surface area contributed by atoms with Crippen molar-refractivity contribution in [1.82, 2.24) is 0 Å². The Morgan fingerprint density at radius 3 is 1.79 bits per heavy atom. The highest BCUT2D eigenvalue weighted by atomic mass is 16.3. The summed E-state index contributed by atoms with van der Waals surface area (Å²) in [6.07, 6.45) is 0. The van der Waals surface area contributed by atoms with Crippen molar-refractivity contribution >= 4 is 71.7 Å². The van der Waals surface area contributed by atoms with E-state index < -0.39 is 0 Å². The number of para-hydroxylation sites is 1. The van der Waals surface area contributed by atoms with Crippen LogP contribution in [0.15, 0.2) is 197 Å². The zero-order valence-corrected chi connectivity index (χ0v) is 32.2. The van der Waals surface area contributed by atoms with Gasteiger partial charge in [-0.2, -0.15) is 0 Å². The second kappa shape index (κ2) is 12.3. The highest BCUT2D eigenvalue weighted by Crippen LogP contribution is 2.51. The van der Waals surface area contributed by atoms with Crippen LogP contribution in [-0.4, -0.2) is 0 Å². The third kappa shape index (κ3) is 4.86. The Balaban J connectivity index is 1.03. The first-order valence-corrected chi connectivity index (χ1v) is 20.0. The van der Waals surface area contributed by atoms with Gasteiger partial charge in [0.05, 0.1) is 0 Å². The molecular formula is C55H37NO2. The summed E-state index contributed by atoms with van der Waals surface area (Å²) in [5.41, 5.74) is 16.6. The first-order valence-electron chi connectivity index (χ1n) is 20.0. The monoisotopic (exact) mass is 743 g/mol. The second-order valence-electron chi connectivity index (χ2n) is 16.1. The van der Waals surface area contributed by atoms with Gasteiger partial charge < -0.3 is 13.7 Å². The molecule has 3 nitrogen and oxygen atoms in total. The summed E-state index contributed by atoms with van der Waals surface area (Å²) in [7, 11) is 0. The third-order valence-corrected chi connectivity index (χ3v) is 12.5. The summed E-state index contributed by atoms with van der Waals surface area (Å²) in [6, 6.07) is 67.7. The molecule has 0 radical (unpaired) electrons. The Kier molecular flexibility index (Phi) is 6.98. The Hall–Kier alpha value is -7.36. The predicted molar refractivity (Wildman–Crippen MR) is 242 cm³/mol. The fourth-order valence-corrected chi connectivity index (χ4v) is 9.57.